The summed E-state index contributed by atoms with van der Waals surface area (Å²) >= 11 is 3.14. The van der Waals surface area contributed by atoms with Crippen molar-refractivity contribution in [3.8, 4) is 0 Å². The predicted octanol–water partition coefficient (Wildman–Crippen LogP) is 2.25. The summed E-state index contributed by atoms with van der Waals surface area (Å²) in [6.07, 6.45) is 1.90. The molecular formula is C8H11BrO2. The normalized spacial score (nSPS) is 34.1. The fourth-order valence-electron chi connectivity index (χ4n) is 1.59. The molecule has 2 unspecified atom stereocenters. The topological polar surface area (TPSA) is 37.3 Å². The number of carboxylic acids is 1. The van der Waals surface area contributed by atoms with Gasteiger partial charge in [-0.2, -0.15) is 0 Å². The van der Waals surface area contributed by atoms with Crippen molar-refractivity contribution >= 4 is 21.9 Å². The summed E-state index contributed by atoms with van der Waals surface area (Å²) in [6.45, 7) is 3.95. The maximum Gasteiger partial charge on any atom is 0.307 e. The average Bonchev–Trinajstić information content (AvgIpc) is 2.35. The SMILES string of the molecule is CC1(C)C(C=CBr)C1C(=O)O. The molecule has 1 saturated carbocycles. The molecule has 0 aromatic rings. The molecule has 0 saturated heterocycles. The Labute approximate surface area is 74.4 Å². The van der Waals surface area contributed by atoms with E-state index in [1.54, 1.807) is 4.99 Å². The Hall–Kier alpha value is -0.310. The van der Waals surface area contributed by atoms with E-state index in [4.69, 9.17) is 5.11 Å². The molecule has 0 heterocycles. The number of hydrogen-bond donors (Lipinski definition) is 1. The van der Waals surface area contributed by atoms with E-state index in [2.05, 4.69) is 15.9 Å². The fraction of sp³-hybridized carbons (Fsp3) is 0.625. The van der Waals surface area contributed by atoms with Crippen LogP contribution in [0.1, 0.15) is 13.8 Å². The zero-order valence-corrected chi connectivity index (χ0v) is 8.13. The number of carbonyl (C=O) groups is 1. The second-order valence-electron chi connectivity index (χ2n) is 3.48. The van der Waals surface area contributed by atoms with E-state index >= 15 is 0 Å². The highest BCUT2D eigenvalue weighted by atomic mass is 79.9. The van der Waals surface area contributed by atoms with Gasteiger partial charge in [-0.1, -0.05) is 35.9 Å². The smallest absolute Gasteiger partial charge is 0.307 e. The van der Waals surface area contributed by atoms with Crippen LogP contribution in [0.3, 0.4) is 0 Å². The van der Waals surface area contributed by atoms with E-state index < -0.39 is 5.97 Å². The molecule has 62 valence electrons. The van der Waals surface area contributed by atoms with Crippen LogP contribution in [0.5, 0.6) is 0 Å². The monoisotopic (exact) mass is 218 g/mol. The van der Waals surface area contributed by atoms with Crippen LogP contribution >= 0.6 is 15.9 Å². The van der Waals surface area contributed by atoms with Crippen LogP contribution in [0.15, 0.2) is 11.1 Å². The first kappa shape index (κ1) is 8.78. The van der Waals surface area contributed by atoms with Crippen LogP contribution in [0, 0.1) is 17.3 Å². The van der Waals surface area contributed by atoms with Crippen molar-refractivity contribution < 1.29 is 9.90 Å². The molecule has 0 aliphatic heterocycles. The van der Waals surface area contributed by atoms with Crippen LogP contribution in [0.25, 0.3) is 0 Å². The van der Waals surface area contributed by atoms with Crippen LogP contribution in [0.4, 0.5) is 0 Å². The highest BCUT2D eigenvalue weighted by Gasteiger charge is 2.60. The summed E-state index contributed by atoms with van der Waals surface area (Å²) in [7, 11) is 0. The lowest BCUT2D eigenvalue weighted by atomic mass is 10.1. The molecule has 0 amide bonds. The lowest BCUT2D eigenvalue weighted by molar-refractivity contribution is -0.139. The molecule has 0 bridgehead atoms. The predicted molar refractivity (Wildman–Crippen MR) is 46.5 cm³/mol. The van der Waals surface area contributed by atoms with Gasteiger partial charge in [-0.25, -0.2) is 0 Å². The maximum atomic E-state index is 10.6. The van der Waals surface area contributed by atoms with E-state index in [-0.39, 0.29) is 17.3 Å². The minimum absolute atomic E-state index is 0.0594. The third-order valence-electron chi connectivity index (χ3n) is 2.46. The van der Waals surface area contributed by atoms with Gasteiger partial charge in [-0.15, -0.1) is 0 Å². The van der Waals surface area contributed by atoms with Gasteiger partial charge in [0, 0.05) is 0 Å². The summed E-state index contributed by atoms with van der Waals surface area (Å²) in [5, 5.41) is 8.74. The zero-order chi connectivity index (χ0) is 8.65. The Morgan fingerprint density at radius 1 is 1.64 bits per heavy atom. The molecule has 0 spiro atoms. The molecule has 0 radical (unpaired) electrons. The number of aliphatic carboxylic acids is 1. The van der Waals surface area contributed by atoms with Crippen LogP contribution in [-0.2, 0) is 4.79 Å². The Morgan fingerprint density at radius 3 is 2.45 bits per heavy atom. The summed E-state index contributed by atoms with van der Waals surface area (Å²) in [4.78, 5) is 12.4. The van der Waals surface area contributed by atoms with Crippen molar-refractivity contribution in [1.29, 1.82) is 0 Å². The Morgan fingerprint density at radius 2 is 2.18 bits per heavy atom. The molecule has 11 heavy (non-hydrogen) atoms. The van der Waals surface area contributed by atoms with Crippen molar-refractivity contribution in [3.05, 3.63) is 11.1 Å². The van der Waals surface area contributed by atoms with E-state index in [1.807, 2.05) is 19.9 Å². The molecule has 1 rings (SSSR count). The van der Waals surface area contributed by atoms with E-state index in [9.17, 15) is 4.79 Å². The molecule has 0 aromatic carbocycles. The Balaban J connectivity index is 2.68. The van der Waals surface area contributed by atoms with Gasteiger partial charge in [0.2, 0.25) is 0 Å². The molecule has 1 aliphatic rings. The number of hydrogen-bond acceptors (Lipinski definition) is 1. The first-order valence-electron chi connectivity index (χ1n) is 3.51. The Bertz CT molecular complexity index is 208. The highest BCUT2D eigenvalue weighted by molar-refractivity contribution is 9.11. The number of carboxylic acid groups (broad SMARTS) is 1. The first-order valence-corrected chi connectivity index (χ1v) is 4.43. The minimum Gasteiger partial charge on any atom is -0.481 e. The standard InChI is InChI=1S/C8H11BrO2/c1-8(2)5(3-4-9)6(8)7(10)11/h3-6H,1-2H3,(H,10,11). The first-order chi connectivity index (χ1) is 5.01. The molecule has 1 fully saturated rings. The molecule has 2 atom stereocenters. The Kier molecular flexibility index (Phi) is 2.10. The summed E-state index contributed by atoms with van der Waals surface area (Å²) in [6, 6.07) is 0. The van der Waals surface area contributed by atoms with Gasteiger partial charge in [-0.05, 0) is 16.3 Å². The van der Waals surface area contributed by atoms with Gasteiger partial charge >= 0.3 is 5.97 Å². The van der Waals surface area contributed by atoms with Crippen molar-refractivity contribution in [2.45, 2.75) is 13.8 Å². The van der Waals surface area contributed by atoms with Gasteiger partial charge in [-0.3, -0.25) is 4.79 Å². The largest absolute Gasteiger partial charge is 0.481 e. The molecule has 0 aromatic heterocycles. The minimum atomic E-state index is -0.689. The number of halogens is 1. The number of rotatable bonds is 2. The summed E-state index contributed by atoms with van der Waals surface area (Å²) < 4.78 is 0. The van der Waals surface area contributed by atoms with Crippen molar-refractivity contribution in [1.82, 2.24) is 0 Å². The van der Waals surface area contributed by atoms with Gasteiger partial charge in [0.15, 0.2) is 0 Å². The average molecular weight is 219 g/mol. The molecule has 3 heteroatoms. The van der Waals surface area contributed by atoms with Gasteiger partial charge < -0.3 is 5.11 Å². The number of allylic oxidation sites excluding steroid dienone is 1. The second kappa shape index (κ2) is 2.63. The van der Waals surface area contributed by atoms with Crippen LogP contribution in [-0.4, -0.2) is 11.1 Å². The fourth-order valence-corrected chi connectivity index (χ4v) is 1.92. The van der Waals surface area contributed by atoms with E-state index in [0.717, 1.165) is 0 Å². The molecule has 2 nitrogen and oxygen atoms in total. The van der Waals surface area contributed by atoms with Crippen LogP contribution in [0.2, 0.25) is 0 Å². The lowest BCUT2D eigenvalue weighted by Crippen LogP contribution is -2.02. The molecule has 1 N–H and O–H groups in total. The van der Waals surface area contributed by atoms with Gasteiger partial charge in [0.1, 0.15) is 0 Å². The summed E-state index contributed by atoms with van der Waals surface area (Å²) in [5.41, 5.74) is -0.0594. The maximum absolute atomic E-state index is 10.6. The summed E-state index contributed by atoms with van der Waals surface area (Å²) in [5.74, 6) is -0.693. The second-order valence-corrected chi connectivity index (χ2v) is 4.01. The van der Waals surface area contributed by atoms with Crippen LogP contribution < -0.4 is 0 Å². The lowest BCUT2D eigenvalue weighted by Gasteiger charge is -1.95. The highest BCUT2D eigenvalue weighted by Crippen LogP contribution is 2.59. The molecular weight excluding hydrogens is 208 g/mol. The van der Waals surface area contributed by atoms with Crippen molar-refractivity contribution in [3.63, 3.8) is 0 Å². The third-order valence-corrected chi connectivity index (χ3v) is 2.76. The van der Waals surface area contributed by atoms with E-state index in [0.29, 0.717) is 0 Å². The van der Waals surface area contributed by atoms with Crippen molar-refractivity contribution in [2.75, 3.05) is 0 Å². The van der Waals surface area contributed by atoms with E-state index in [1.165, 1.54) is 0 Å². The zero-order valence-electron chi connectivity index (χ0n) is 6.54. The molecule has 1 aliphatic carbocycles. The van der Waals surface area contributed by atoms with Gasteiger partial charge in [0.25, 0.3) is 0 Å². The quantitative estimate of drug-likeness (QED) is 0.773. The van der Waals surface area contributed by atoms with Crippen molar-refractivity contribution in [2.24, 2.45) is 17.3 Å². The van der Waals surface area contributed by atoms with Gasteiger partial charge in [0.05, 0.1) is 5.92 Å². The third kappa shape index (κ3) is 1.34.